The Bertz CT molecular complexity index is 700. The summed E-state index contributed by atoms with van der Waals surface area (Å²) in [5, 5.41) is 18.2. The molecular weight excluding hydrogens is 274 g/mol. The fraction of sp³-hybridized carbons (Fsp3) is 0.222. The molecule has 0 spiro atoms. The average Bonchev–Trinajstić information content (AvgIpc) is 2.82. The number of H-pyrrole nitrogens is 1. The highest BCUT2D eigenvalue weighted by molar-refractivity contribution is 7.92. The fourth-order valence-electron chi connectivity index (χ4n) is 1.31. The fourth-order valence-corrected chi connectivity index (χ4v) is 2.26. The van der Waals surface area contributed by atoms with Crippen molar-refractivity contribution >= 4 is 15.8 Å². The van der Waals surface area contributed by atoms with Crippen LogP contribution in [0.3, 0.4) is 0 Å². The number of nitrogens with zero attached hydrogens (tertiary/aromatic N) is 3. The molecule has 19 heavy (non-hydrogen) atoms. The molecule has 2 heterocycles. The Morgan fingerprint density at radius 3 is 2.84 bits per heavy atom. The molecule has 2 rings (SSSR count). The Morgan fingerprint density at radius 1 is 1.42 bits per heavy atom. The summed E-state index contributed by atoms with van der Waals surface area (Å²) in [6, 6.07) is 2.40. The summed E-state index contributed by atoms with van der Waals surface area (Å²) in [5.41, 5.74) is -0.432. The lowest BCUT2D eigenvalue weighted by Crippen LogP contribution is -2.16. The van der Waals surface area contributed by atoms with Gasteiger partial charge in [0.1, 0.15) is 4.90 Å². The number of rotatable bonds is 5. The first-order chi connectivity index (χ1) is 9.01. The molecular formula is C9H11N5O4S. The third kappa shape index (κ3) is 3.17. The van der Waals surface area contributed by atoms with Crippen LogP contribution in [0.1, 0.15) is 0 Å². The van der Waals surface area contributed by atoms with E-state index in [2.05, 4.69) is 20.0 Å². The van der Waals surface area contributed by atoms with Crippen molar-refractivity contribution in [2.24, 2.45) is 0 Å². The summed E-state index contributed by atoms with van der Waals surface area (Å²) >= 11 is 0. The highest BCUT2D eigenvalue weighted by atomic mass is 32.2. The van der Waals surface area contributed by atoms with E-state index >= 15 is 0 Å². The molecule has 3 N–H and O–H groups in total. The minimum atomic E-state index is -3.82. The molecule has 2 aromatic rings. The van der Waals surface area contributed by atoms with Gasteiger partial charge in [0.25, 0.3) is 15.6 Å². The van der Waals surface area contributed by atoms with Crippen LogP contribution in [0.25, 0.3) is 0 Å². The molecule has 9 nitrogen and oxygen atoms in total. The van der Waals surface area contributed by atoms with Crippen molar-refractivity contribution in [1.29, 1.82) is 0 Å². The molecule has 0 aliphatic carbocycles. The molecule has 0 radical (unpaired) electrons. The number of aromatic nitrogens is 4. The van der Waals surface area contributed by atoms with Crippen molar-refractivity contribution < 1.29 is 13.5 Å². The van der Waals surface area contributed by atoms with Gasteiger partial charge in [0.15, 0.2) is 5.82 Å². The molecule has 0 aromatic carbocycles. The maximum Gasteiger partial charge on any atom is 0.266 e. The zero-order valence-electron chi connectivity index (χ0n) is 9.65. The lowest BCUT2D eigenvalue weighted by molar-refractivity contribution is 0.269. The van der Waals surface area contributed by atoms with Gasteiger partial charge in [-0.1, -0.05) is 0 Å². The Balaban J connectivity index is 2.21. The van der Waals surface area contributed by atoms with Crippen LogP contribution >= 0.6 is 0 Å². The van der Waals surface area contributed by atoms with Crippen molar-refractivity contribution in [2.45, 2.75) is 11.4 Å². The van der Waals surface area contributed by atoms with Gasteiger partial charge < -0.3 is 5.11 Å². The molecule has 0 atom stereocenters. The Morgan fingerprint density at radius 2 is 2.21 bits per heavy atom. The van der Waals surface area contributed by atoms with Gasteiger partial charge in [0, 0.05) is 12.3 Å². The Kier molecular flexibility index (Phi) is 3.62. The normalized spacial score (nSPS) is 11.4. The van der Waals surface area contributed by atoms with Gasteiger partial charge in [0.2, 0.25) is 0 Å². The van der Waals surface area contributed by atoms with Gasteiger partial charge in [0.05, 0.1) is 19.3 Å². The smallest absolute Gasteiger partial charge is 0.266 e. The first-order valence-electron chi connectivity index (χ1n) is 5.23. The summed E-state index contributed by atoms with van der Waals surface area (Å²) in [6.07, 6.45) is 2.44. The van der Waals surface area contributed by atoms with Gasteiger partial charge >= 0.3 is 0 Å². The Labute approximate surface area is 107 Å². The SMILES string of the molecule is O=c1ccc(NS(=O)(=O)c2cnn(CCO)c2)n[nH]1. The summed E-state index contributed by atoms with van der Waals surface area (Å²) in [7, 11) is -3.82. The van der Waals surface area contributed by atoms with E-state index < -0.39 is 15.6 Å². The predicted molar refractivity (Wildman–Crippen MR) is 65.0 cm³/mol. The molecule has 0 amide bonds. The third-order valence-corrected chi connectivity index (χ3v) is 3.48. The van der Waals surface area contributed by atoms with Gasteiger partial charge in [-0.25, -0.2) is 13.5 Å². The van der Waals surface area contributed by atoms with Crippen LogP contribution in [0.2, 0.25) is 0 Å². The molecule has 0 saturated carbocycles. The lowest BCUT2D eigenvalue weighted by Gasteiger charge is -2.03. The molecule has 0 unspecified atom stereocenters. The molecule has 102 valence electrons. The maximum absolute atomic E-state index is 11.9. The lowest BCUT2D eigenvalue weighted by atomic mass is 10.5. The quantitative estimate of drug-likeness (QED) is 0.630. The van der Waals surface area contributed by atoms with E-state index in [1.165, 1.54) is 16.9 Å². The first kappa shape index (κ1) is 13.2. The van der Waals surface area contributed by atoms with Crippen LogP contribution in [0.4, 0.5) is 5.82 Å². The second-order valence-corrected chi connectivity index (χ2v) is 5.26. The van der Waals surface area contributed by atoms with Gasteiger partial charge in [-0.15, -0.1) is 0 Å². The molecule has 0 aliphatic rings. The minimum absolute atomic E-state index is 0.00509. The molecule has 0 saturated heterocycles. The molecule has 2 aromatic heterocycles. The van der Waals surface area contributed by atoms with Gasteiger partial charge in [-0.2, -0.15) is 10.2 Å². The number of anilines is 1. The van der Waals surface area contributed by atoms with Crippen molar-refractivity contribution in [3.8, 4) is 0 Å². The van der Waals surface area contributed by atoms with Crippen molar-refractivity contribution in [2.75, 3.05) is 11.3 Å². The highest BCUT2D eigenvalue weighted by Gasteiger charge is 2.17. The summed E-state index contributed by atoms with van der Waals surface area (Å²) in [5.74, 6) is -0.00509. The number of sulfonamides is 1. The Hall–Kier alpha value is -2.20. The summed E-state index contributed by atoms with van der Waals surface area (Å²) in [6.45, 7) is 0.0580. The molecule has 0 fully saturated rings. The standard InChI is InChI=1S/C9H11N5O4S/c15-4-3-14-6-7(5-10-14)19(17,18)13-8-1-2-9(16)12-11-8/h1-2,5-6,15H,3-4H2,(H,11,13)(H,12,16). The van der Waals surface area contributed by atoms with Crippen LogP contribution in [0.5, 0.6) is 0 Å². The number of aliphatic hydroxyl groups is 1. The van der Waals surface area contributed by atoms with E-state index in [1.807, 2.05) is 0 Å². The highest BCUT2D eigenvalue weighted by Crippen LogP contribution is 2.11. The second kappa shape index (κ2) is 5.20. The number of aromatic amines is 1. The van der Waals surface area contributed by atoms with E-state index in [1.54, 1.807) is 0 Å². The zero-order chi connectivity index (χ0) is 13.9. The third-order valence-electron chi connectivity index (χ3n) is 2.17. The topological polar surface area (TPSA) is 130 Å². The van der Waals surface area contributed by atoms with Crippen LogP contribution in [-0.4, -0.2) is 40.1 Å². The van der Waals surface area contributed by atoms with Crippen molar-refractivity contribution in [3.63, 3.8) is 0 Å². The molecule has 0 bridgehead atoms. The monoisotopic (exact) mass is 285 g/mol. The van der Waals surface area contributed by atoms with Crippen LogP contribution in [0.15, 0.2) is 34.2 Å². The van der Waals surface area contributed by atoms with Crippen LogP contribution in [-0.2, 0) is 16.6 Å². The van der Waals surface area contributed by atoms with Crippen LogP contribution in [0, 0.1) is 0 Å². The largest absolute Gasteiger partial charge is 0.394 e. The van der Waals surface area contributed by atoms with Crippen molar-refractivity contribution in [1.82, 2.24) is 20.0 Å². The molecule has 10 heteroatoms. The van der Waals surface area contributed by atoms with E-state index in [-0.39, 0.29) is 23.9 Å². The predicted octanol–water partition coefficient (Wildman–Crippen LogP) is -1.24. The van der Waals surface area contributed by atoms with Crippen molar-refractivity contribution in [3.05, 3.63) is 34.9 Å². The number of nitrogens with one attached hydrogen (secondary N) is 2. The number of aliphatic hydroxyl groups excluding tert-OH is 1. The maximum atomic E-state index is 11.9. The summed E-state index contributed by atoms with van der Waals surface area (Å²) in [4.78, 5) is 10.7. The number of hydrogen-bond acceptors (Lipinski definition) is 6. The van der Waals surface area contributed by atoms with Gasteiger partial charge in [-0.3, -0.25) is 14.2 Å². The summed E-state index contributed by atoms with van der Waals surface area (Å²) < 4.78 is 27.4. The second-order valence-electron chi connectivity index (χ2n) is 3.57. The van der Waals surface area contributed by atoms with Crippen LogP contribution < -0.4 is 10.3 Å². The number of hydrogen-bond donors (Lipinski definition) is 3. The minimum Gasteiger partial charge on any atom is -0.394 e. The first-order valence-corrected chi connectivity index (χ1v) is 6.71. The molecule has 0 aliphatic heterocycles. The average molecular weight is 285 g/mol. The van der Waals surface area contributed by atoms with E-state index in [9.17, 15) is 13.2 Å². The van der Waals surface area contributed by atoms with E-state index in [4.69, 9.17) is 5.11 Å². The van der Waals surface area contributed by atoms with Gasteiger partial charge in [-0.05, 0) is 6.07 Å². The zero-order valence-corrected chi connectivity index (χ0v) is 10.5. The van der Waals surface area contributed by atoms with E-state index in [0.717, 1.165) is 12.3 Å². The van der Waals surface area contributed by atoms with E-state index in [0.29, 0.717) is 0 Å².